The number of imidazole rings is 1. The Labute approximate surface area is 200 Å². The fraction of sp³-hybridized carbons (Fsp3) is 0.240. The van der Waals surface area contributed by atoms with E-state index in [4.69, 9.17) is 15.2 Å². The zero-order valence-corrected chi connectivity index (χ0v) is 19.4. The van der Waals surface area contributed by atoms with Crippen molar-refractivity contribution in [2.75, 3.05) is 13.2 Å². The second-order valence-electron chi connectivity index (χ2n) is 7.72. The molecule has 1 amide bonds. The minimum atomic E-state index is -0.814. The van der Waals surface area contributed by atoms with Crippen LogP contribution < -0.4 is 16.2 Å². The van der Waals surface area contributed by atoms with Gasteiger partial charge < -0.3 is 20.2 Å². The highest BCUT2D eigenvalue weighted by molar-refractivity contribution is 6.02. The molecule has 2 aromatic heterocycles. The summed E-state index contributed by atoms with van der Waals surface area (Å²) in [5, 5.41) is 0. The first-order chi connectivity index (χ1) is 16.9. The van der Waals surface area contributed by atoms with E-state index >= 15 is 0 Å². The molecule has 10 heteroatoms. The molecule has 0 aliphatic rings. The summed E-state index contributed by atoms with van der Waals surface area (Å²) in [5.74, 6) is -0.423. The molecule has 3 N–H and O–H groups in total. The Morgan fingerprint density at radius 2 is 1.86 bits per heavy atom. The number of primary amides is 1. The monoisotopic (exact) mass is 475 g/mol. The van der Waals surface area contributed by atoms with Gasteiger partial charge in [-0.05, 0) is 55.8 Å². The summed E-state index contributed by atoms with van der Waals surface area (Å²) < 4.78 is 12.0. The minimum Gasteiger partial charge on any atom is -0.494 e. The zero-order chi connectivity index (χ0) is 24.9. The number of aromatic amines is 1. The number of rotatable bonds is 9. The number of H-pyrrole nitrogens is 1. The number of hydrogen-bond donors (Lipinski definition) is 2. The van der Waals surface area contributed by atoms with Gasteiger partial charge in [-0.1, -0.05) is 19.4 Å². The van der Waals surface area contributed by atoms with Crippen LogP contribution in [0.2, 0.25) is 0 Å². The summed E-state index contributed by atoms with van der Waals surface area (Å²) in [6.07, 6.45) is 1.66. The van der Waals surface area contributed by atoms with E-state index in [9.17, 15) is 14.4 Å². The Hall–Kier alpha value is -4.47. The number of nitrogens with zero attached hydrogens (tertiary/aromatic N) is 3. The predicted molar refractivity (Wildman–Crippen MR) is 130 cm³/mol. The quantitative estimate of drug-likeness (QED) is 0.279. The number of carbonyl (C=O) groups excluding carboxylic acids is 2. The molecule has 180 valence electrons. The number of nitrogens with one attached hydrogen (secondary N) is 1. The number of ether oxygens (including phenoxy) is 2. The fourth-order valence-electron chi connectivity index (χ4n) is 3.56. The standard InChI is InChI=1S/C25H25N5O5/c1-3-5-13-35-24(32)16-7-6-8-17(14-16)30-23-20(28-25(30)33)19(21(26)31)27-22(29-23)15-9-11-18(12-10-15)34-4-2/h6-12,14H,3-5,13H2,1-2H3,(H2,26,31)(H,28,33). The second-order valence-corrected chi connectivity index (χ2v) is 7.72. The molecule has 0 fully saturated rings. The topological polar surface area (TPSA) is 142 Å². The Kier molecular flexibility index (Phi) is 6.91. The number of unbranched alkanes of at least 4 members (excludes halogenated alkanes) is 1. The van der Waals surface area contributed by atoms with Gasteiger partial charge in [-0.15, -0.1) is 0 Å². The molecule has 0 bridgehead atoms. The SMILES string of the molecule is CCCCOC(=O)c1cccc(-n2c(=O)[nH]c3c(C(N)=O)nc(-c4ccc(OCC)cc4)nc32)c1. The zero-order valence-electron chi connectivity index (χ0n) is 19.4. The Morgan fingerprint density at radius 3 is 2.54 bits per heavy atom. The number of benzene rings is 2. The van der Waals surface area contributed by atoms with Gasteiger partial charge >= 0.3 is 11.7 Å². The van der Waals surface area contributed by atoms with Crippen LogP contribution in [0.3, 0.4) is 0 Å². The number of aromatic nitrogens is 4. The lowest BCUT2D eigenvalue weighted by atomic mass is 10.2. The number of carbonyl (C=O) groups is 2. The van der Waals surface area contributed by atoms with E-state index in [1.165, 1.54) is 10.6 Å². The number of hydrogen-bond acceptors (Lipinski definition) is 7. The molecular weight excluding hydrogens is 450 g/mol. The van der Waals surface area contributed by atoms with Crippen LogP contribution in [0.5, 0.6) is 5.75 Å². The van der Waals surface area contributed by atoms with Gasteiger partial charge in [-0.25, -0.2) is 24.1 Å². The van der Waals surface area contributed by atoms with Crippen molar-refractivity contribution in [3.05, 3.63) is 70.3 Å². The summed E-state index contributed by atoms with van der Waals surface area (Å²) in [6.45, 7) is 4.72. The van der Waals surface area contributed by atoms with Crippen LogP contribution >= 0.6 is 0 Å². The molecule has 0 saturated heterocycles. The number of fused-ring (bicyclic) bond motifs is 1. The fourth-order valence-corrected chi connectivity index (χ4v) is 3.56. The van der Waals surface area contributed by atoms with Gasteiger partial charge in [0.15, 0.2) is 17.2 Å². The molecule has 2 heterocycles. The van der Waals surface area contributed by atoms with Crippen molar-refractivity contribution in [2.45, 2.75) is 26.7 Å². The number of amides is 1. The number of nitrogens with two attached hydrogens (primary N) is 1. The largest absolute Gasteiger partial charge is 0.494 e. The first kappa shape index (κ1) is 23.7. The summed E-state index contributed by atoms with van der Waals surface area (Å²) in [6, 6.07) is 13.4. The lowest BCUT2D eigenvalue weighted by Gasteiger charge is -2.09. The highest BCUT2D eigenvalue weighted by Gasteiger charge is 2.21. The average molecular weight is 476 g/mol. The lowest BCUT2D eigenvalue weighted by molar-refractivity contribution is 0.0499. The molecule has 0 spiro atoms. The molecule has 0 aliphatic carbocycles. The molecule has 0 saturated carbocycles. The van der Waals surface area contributed by atoms with Gasteiger partial charge in [0.1, 0.15) is 11.3 Å². The maximum Gasteiger partial charge on any atom is 0.338 e. The van der Waals surface area contributed by atoms with Crippen molar-refractivity contribution in [3.63, 3.8) is 0 Å². The normalized spacial score (nSPS) is 10.9. The van der Waals surface area contributed by atoms with E-state index in [0.29, 0.717) is 30.2 Å². The van der Waals surface area contributed by atoms with Crippen LogP contribution in [0, 0.1) is 0 Å². The highest BCUT2D eigenvalue weighted by Crippen LogP contribution is 2.24. The van der Waals surface area contributed by atoms with Crippen LogP contribution in [0.25, 0.3) is 28.2 Å². The van der Waals surface area contributed by atoms with Crippen molar-refractivity contribution in [2.24, 2.45) is 5.73 Å². The van der Waals surface area contributed by atoms with Crippen molar-refractivity contribution in [3.8, 4) is 22.8 Å². The van der Waals surface area contributed by atoms with Crippen LogP contribution in [0.15, 0.2) is 53.3 Å². The van der Waals surface area contributed by atoms with E-state index in [-0.39, 0.29) is 28.2 Å². The van der Waals surface area contributed by atoms with Crippen LogP contribution in [0.1, 0.15) is 47.5 Å². The maximum absolute atomic E-state index is 12.9. The van der Waals surface area contributed by atoms with E-state index in [1.54, 1.807) is 42.5 Å². The molecule has 0 aliphatic heterocycles. The molecule has 35 heavy (non-hydrogen) atoms. The lowest BCUT2D eigenvalue weighted by Crippen LogP contribution is -2.16. The van der Waals surface area contributed by atoms with Gasteiger partial charge in [-0.2, -0.15) is 0 Å². The van der Waals surface area contributed by atoms with E-state index in [2.05, 4.69) is 15.0 Å². The average Bonchev–Trinajstić information content (AvgIpc) is 3.19. The van der Waals surface area contributed by atoms with Crippen LogP contribution in [-0.4, -0.2) is 44.6 Å². The molecule has 0 atom stereocenters. The summed E-state index contributed by atoms with van der Waals surface area (Å²) in [4.78, 5) is 49.0. The van der Waals surface area contributed by atoms with Gasteiger partial charge in [0.25, 0.3) is 5.91 Å². The smallest absolute Gasteiger partial charge is 0.338 e. The molecule has 2 aromatic carbocycles. The van der Waals surface area contributed by atoms with Crippen LogP contribution in [-0.2, 0) is 4.74 Å². The third-order valence-electron chi connectivity index (χ3n) is 5.26. The van der Waals surface area contributed by atoms with E-state index < -0.39 is 17.6 Å². The molecule has 0 radical (unpaired) electrons. The first-order valence-corrected chi connectivity index (χ1v) is 11.3. The summed E-state index contributed by atoms with van der Waals surface area (Å²) in [5.41, 5.74) is 6.41. The third kappa shape index (κ3) is 4.91. The van der Waals surface area contributed by atoms with Gasteiger partial charge in [0.05, 0.1) is 24.5 Å². The van der Waals surface area contributed by atoms with Crippen molar-refractivity contribution in [1.82, 2.24) is 19.5 Å². The first-order valence-electron chi connectivity index (χ1n) is 11.3. The summed E-state index contributed by atoms with van der Waals surface area (Å²) in [7, 11) is 0. The highest BCUT2D eigenvalue weighted by atomic mass is 16.5. The molecule has 4 rings (SSSR count). The van der Waals surface area contributed by atoms with Crippen LogP contribution in [0.4, 0.5) is 0 Å². The maximum atomic E-state index is 12.9. The molecule has 0 unspecified atom stereocenters. The number of esters is 1. The van der Waals surface area contributed by atoms with Gasteiger partial charge in [0, 0.05) is 5.56 Å². The molecular formula is C25H25N5O5. The van der Waals surface area contributed by atoms with Crippen molar-refractivity contribution >= 4 is 23.0 Å². The molecule has 4 aromatic rings. The van der Waals surface area contributed by atoms with Crippen molar-refractivity contribution < 1.29 is 19.1 Å². The van der Waals surface area contributed by atoms with E-state index in [0.717, 1.165) is 12.8 Å². The predicted octanol–water partition coefficient (Wildman–Crippen LogP) is 3.23. The van der Waals surface area contributed by atoms with Gasteiger partial charge in [-0.3, -0.25) is 4.79 Å². The Morgan fingerprint density at radius 1 is 1.09 bits per heavy atom. The Bertz CT molecular complexity index is 1440. The molecule has 10 nitrogen and oxygen atoms in total. The Balaban J connectivity index is 1.83. The second kappa shape index (κ2) is 10.2. The minimum absolute atomic E-state index is 0.105. The van der Waals surface area contributed by atoms with Gasteiger partial charge in [0.2, 0.25) is 0 Å². The third-order valence-corrected chi connectivity index (χ3v) is 5.26. The van der Waals surface area contributed by atoms with Crippen molar-refractivity contribution in [1.29, 1.82) is 0 Å². The summed E-state index contributed by atoms with van der Waals surface area (Å²) >= 11 is 0. The van der Waals surface area contributed by atoms with E-state index in [1.807, 2.05) is 13.8 Å².